The molecule has 0 spiro atoms. The fraction of sp³-hybridized carbons (Fsp3) is 0.227. The van der Waals surface area contributed by atoms with Crippen LogP contribution in [0, 0.1) is 6.92 Å². The van der Waals surface area contributed by atoms with Crippen LogP contribution in [0.25, 0.3) is 33.5 Å². The number of rotatable bonds is 5. The molecule has 6 nitrogen and oxygen atoms in total. The molecule has 0 aliphatic carbocycles. The smallest absolute Gasteiger partial charge is 0.269 e. The van der Waals surface area contributed by atoms with E-state index in [2.05, 4.69) is 4.98 Å². The number of fused-ring (bicyclic) bond motifs is 2. The first-order chi connectivity index (χ1) is 13.6. The molecule has 2 aromatic heterocycles. The van der Waals surface area contributed by atoms with E-state index in [1.165, 1.54) is 0 Å². The molecule has 0 fully saturated rings. The molecule has 6 heteroatoms. The molecule has 0 saturated heterocycles. The molecule has 4 aromatic rings. The van der Waals surface area contributed by atoms with Gasteiger partial charge in [0.2, 0.25) is 11.1 Å². The Kier molecular flexibility index (Phi) is 4.79. The summed E-state index contributed by atoms with van der Waals surface area (Å²) in [5.74, 6) is 0.491. The second-order valence-corrected chi connectivity index (χ2v) is 6.66. The van der Waals surface area contributed by atoms with Crippen LogP contribution in [0.15, 0.2) is 62.5 Å². The number of aromatic nitrogens is 2. The van der Waals surface area contributed by atoms with Gasteiger partial charge >= 0.3 is 0 Å². The third-order valence-electron chi connectivity index (χ3n) is 4.82. The fourth-order valence-corrected chi connectivity index (χ4v) is 3.39. The topological polar surface area (TPSA) is 74.3 Å². The van der Waals surface area contributed by atoms with Gasteiger partial charge in [-0.05, 0) is 31.0 Å². The maximum Gasteiger partial charge on any atom is 0.269 e. The van der Waals surface area contributed by atoms with Gasteiger partial charge < -0.3 is 9.15 Å². The van der Waals surface area contributed by atoms with Crippen LogP contribution in [0.4, 0.5) is 0 Å². The van der Waals surface area contributed by atoms with Gasteiger partial charge in [0.05, 0.1) is 5.39 Å². The maximum absolute atomic E-state index is 13.3. The van der Waals surface area contributed by atoms with Crippen molar-refractivity contribution in [3.8, 4) is 11.4 Å². The van der Waals surface area contributed by atoms with Gasteiger partial charge in [0.25, 0.3) is 5.56 Å². The number of hydrogen-bond acceptors (Lipinski definition) is 5. The second-order valence-electron chi connectivity index (χ2n) is 6.66. The lowest BCUT2D eigenvalue weighted by atomic mass is 10.1. The number of methoxy groups -OCH3 is 1. The zero-order valence-corrected chi connectivity index (χ0v) is 15.8. The standard InChI is InChI=1S/C22H20N2O4/c1-14-8-3-4-9-15(14)20-23-21-18(22(26)24(20)12-7-13-27-2)19(25)16-10-5-6-11-17(16)28-21/h3-6,8-11H,7,12-13H2,1-2H3. The molecule has 0 N–H and O–H groups in total. The molecule has 28 heavy (non-hydrogen) atoms. The van der Waals surface area contributed by atoms with E-state index in [0.29, 0.717) is 36.4 Å². The van der Waals surface area contributed by atoms with Gasteiger partial charge in [-0.2, -0.15) is 4.98 Å². The van der Waals surface area contributed by atoms with Crippen molar-refractivity contribution < 1.29 is 9.15 Å². The molecule has 0 aliphatic heterocycles. The van der Waals surface area contributed by atoms with E-state index in [1.54, 1.807) is 35.9 Å². The molecular formula is C22H20N2O4. The zero-order valence-electron chi connectivity index (χ0n) is 15.8. The van der Waals surface area contributed by atoms with Crippen LogP contribution in [0.3, 0.4) is 0 Å². The van der Waals surface area contributed by atoms with Crippen LogP contribution in [-0.4, -0.2) is 23.3 Å². The fourth-order valence-electron chi connectivity index (χ4n) is 3.39. The first-order valence-electron chi connectivity index (χ1n) is 9.13. The molecule has 0 saturated carbocycles. The highest BCUT2D eigenvalue weighted by atomic mass is 16.5. The van der Waals surface area contributed by atoms with Crippen LogP contribution in [0.5, 0.6) is 0 Å². The largest absolute Gasteiger partial charge is 0.437 e. The molecule has 4 rings (SSSR count). The minimum Gasteiger partial charge on any atom is -0.437 e. The minimum atomic E-state index is -0.390. The SMILES string of the molecule is COCCCn1c(-c2ccccc2C)nc2oc3ccccc3c(=O)c2c1=O. The first-order valence-corrected chi connectivity index (χ1v) is 9.13. The summed E-state index contributed by atoms with van der Waals surface area (Å²) in [6.07, 6.45) is 0.626. The summed E-state index contributed by atoms with van der Waals surface area (Å²) in [6, 6.07) is 14.6. The van der Waals surface area contributed by atoms with Gasteiger partial charge in [0.1, 0.15) is 11.4 Å². The zero-order chi connectivity index (χ0) is 19.7. The monoisotopic (exact) mass is 376 g/mol. The van der Waals surface area contributed by atoms with E-state index >= 15 is 0 Å². The number of benzene rings is 2. The lowest BCUT2D eigenvalue weighted by Gasteiger charge is -2.14. The first kappa shape index (κ1) is 18.1. The van der Waals surface area contributed by atoms with Crippen LogP contribution in [-0.2, 0) is 11.3 Å². The summed E-state index contributed by atoms with van der Waals surface area (Å²) in [6.45, 7) is 2.86. The Hall–Kier alpha value is -3.25. The molecule has 0 radical (unpaired) electrons. The molecule has 0 unspecified atom stereocenters. The highest BCUT2D eigenvalue weighted by Gasteiger charge is 2.19. The highest BCUT2D eigenvalue weighted by Crippen LogP contribution is 2.23. The van der Waals surface area contributed by atoms with Crippen molar-refractivity contribution in [2.45, 2.75) is 19.9 Å². The Morgan fingerprint density at radius 3 is 2.61 bits per heavy atom. The third-order valence-corrected chi connectivity index (χ3v) is 4.82. The summed E-state index contributed by atoms with van der Waals surface area (Å²) in [5, 5.41) is 0.356. The van der Waals surface area contributed by atoms with Gasteiger partial charge in [-0.15, -0.1) is 0 Å². The van der Waals surface area contributed by atoms with Crippen molar-refractivity contribution in [3.05, 3.63) is 74.7 Å². The molecule has 0 atom stereocenters. The molecular weight excluding hydrogens is 356 g/mol. The van der Waals surface area contributed by atoms with Crippen molar-refractivity contribution >= 4 is 22.1 Å². The van der Waals surface area contributed by atoms with Crippen LogP contribution in [0.2, 0.25) is 0 Å². The van der Waals surface area contributed by atoms with Crippen molar-refractivity contribution in [1.82, 2.24) is 9.55 Å². The van der Waals surface area contributed by atoms with Crippen LogP contribution < -0.4 is 11.0 Å². The van der Waals surface area contributed by atoms with E-state index in [-0.39, 0.29) is 22.1 Å². The molecule has 0 aliphatic rings. The average Bonchev–Trinajstić information content (AvgIpc) is 2.70. The van der Waals surface area contributed by atoms with Crippen molar-refractivity contribution in [1.29, 1.82) is 0 Å². The predicted molar refractivity (Wildman–Crippen MR) is 109 cm³/mol. The second kappa shape index (κ2) is 7.40. The Morgan fingerprint density at radius 1 is 1.07 bits per heavy atom. The van der Waals surface area contributed by atoms with E-state index in [0.717, 1.165) is 11.1 Å². The Labute approximate surface area is 161 Å². The van der Waals surface area contributed by atoms with E-state index < -0.39 is 0 Å². The highest BCUT2D eigenvalue weighted by molar-refractivity contribution is 5.88. The lowest BCUT2D eigenvalue weighted by Crippen LogP contribution is -2.28. The van der Waals surface area contributed by atoms with Crippen molar-refractivity contribution in [2.24, 2.45) is 0 Å². The van der Waals surface area contributed by atoms with Gasteiger partial charge in [-0.25, -0.2) is 0 Å². The summed E-state index contributed by atoms with van der Waals surface area (Å²) >= 11 is 0. The molecule has 0 bridgehead atoms. The number of para-hydroxylation sites is 1. The predicted octanol–water partition coefficient (Wildman–Crippen LogP) is 3.51. The van der Waals surface area contributed by atoms with Gasteiger partial charge in [-0.1, -0.05) is 36.4 Å². The normalized spacial score (nSPS) is 11.4. The van der Waals surface area contributed by atoms with E-state index in [1.807, 2.05) is 31.2 Å². The Bertz CT molecular complexity index is 1290. The summed E-state index contributed by atoms with van der Waals surface area (Å²) in [5.41, 5.74) is 1.55. The summed E-state index contributed by atoms with van der Waals surface area (Å²) in [4.78, 5) is 30.9. The Morgan fingerprint density at radius 2 is 1.82 bits per heavy atom. The molecule has 2 aromatic carbocycles. The average molecular weight is 376 g/mol. The van der Waals surface area contributed by atoms with Crippen LogP contribution >= 0.6 is 0 Å². The summed E-state index contributed by atoms with van der Waals surface area (Å²) in [7, 11) is 1.62. The van der Waals surface area contributed by atoms with Gasteiger partial charge in [0.15, 0.2) is 5.39 Å². The van der Waals surface area contributed by atoms with Crippen LogP contribution in [0.1, 0.15) is 12.0 Å². The maximum atomic E-state index is 13.3. The third kappa shape index (κ3) is 3.01. The van der Waals surface area contributed by atoms with Gasteiger partial charge in [0, 0.05) is 25.8 Å². The molecule has 2 heterocycles. The van der Waals surface area contributed by atoms with E-state index in [4.69, 9.17) is 9.15 Å². The van der Waals surface area contributed by atoms with E-state index in [9.17, 15) is 9.59 Å². The Balaban J connectivity index is 2.08. The number of aryl methyl sites for hydroxylation is 1. The molecule has 142 valence electrons. The number of nitrogens with zero attached hydrogens (tertiary/aromatic N) is 2. The van der Waals surface area contributed by atoms with Crippen molar-refractivity contribution in [2.75, 3.05) is 13.7 Å². The lowest BCUT2D eigenvalue weighted by molar-refractivity contribution is 0.190. The van der Waals surface area contributed by atoms with Gasteiger partial charge in [-0.3, -0.25) is 14.2 Å². The number of hydrogen-bond donors (Lipinski definition) is 0. The minimum absolute atomic E-state index is 0.0200. The van der Waals surface area contributed by atoms with Crippen molar-refractivity contribution in [3.63, 3.8) is 0 Å². The molecule has 0 amide bonds. The summed E-state index contributed by atoms with van der Waals surface area (Å²) < 4.78 is 12.5. The quantitative estimate of drug-likeness (QED) is 0.394. The number of ether oxygens (including phenoxy) is 1.